The normalized spacial score (nSPS) is 17.7. The summed E-state index contributed by atoms with van der Waals surface area (Å²) >= 11 is 0. The van der Waals surface area contributed by atoms with Crippen LogP contribution in [0.1, 0.15) is 49.7 Å². The van der Waals surface area contributed by atoms with Gasteiger partial charge >= 0.3 is 0 Å². The maximum atomic E-state index is 6.91. The van der Waals surface area contributed by atoms with Gasteiger partial charge in [0.05, 0.1) is 6.20 Å². The van der Waals surface area contributed by atoms with Crippen LogP contribution in [0.5, 0.6) is 0 Å². The lowest BCUT2D eigenvalue weighted by atomic mass is 9.99. The summed E-state index contributed by atoms with van der Waals surface area (Å²) in [5, 5.41) is 0.138. The van der Waals surface area contributed by atoms with Crippen molar-refractivity contribution in [2.24, 2.45) is 5.92 Å². The van der Waals surface area contributed by atoms with Crippen molar-refractivity contribution in [2.75, 3.05) is 0 Å². The van der Waals surface area contributed by atoms with Gasteiger partial charge in [-0.15, -0.1) is 0 Å². The molecule has 1 aliphatic rings. The second kappa shape index (κ2) is 7.82. The number of fused-ring (bicyclic) bond motifs is 1. The van der Waals surface area contributed by atoms with Gasteiger partial charge in [0, 0.05) is 5.92 Å². The Morgan fingerprint density at radius 1 is 1.00 bits per heavy atom. The molecule has 3 nitrogen and oxygen atoms in total. The monoisotopic (exact) mass is 419 g/mol. The zero-order valence-electron chi connectivity index (χ0n) is 19.0. The fraction of sp³-hybridized carbons (Fsp3) is 0.423. The Labute approximate surface area is 181 Å². The lowest BCUT2D eigenvalue weighted by Crippen LogP contribution is -2.43. The molecule has 4 heteroatoms. The average Bonchev–Trinajstić information content (AvgIpc) is 3.31. The molecule has 0 aliphatic heterocycles. The van der Waals surface area contributed by atoms with E-state index in [9.17, 15) is 0 Å². The van der Waals surface area contributed by atoms with E-state index in [0.29, 0.717) is 5.92 Å². The Bertz CT molecular complexity index is 1020. The van der Waals surface area contributed by atoms with E-state index < -0.39 is 8.32 Å². The van der Waals surface area contributed by atoms with Crippen molar-refractivity contribution in [3.05, 3.63) is 77.5 Å². The van der Waals surface area contributed by atoms with Gasteiger partial charge in [0.2, 0.25) is 5.89 Å². The van der Waals surface area contributed by atoms with Crippen molar-refractivity contribution >= 4 is 8.32 Å². The molecule has 0 saturated heterocycles. The molecule has 0 bridgehead atoms. The van der Waals surface area contributed by atoms with Crippen LogP contribution in [0.15, 0.2) is 59.1 Å². The van der Waals surface area contributed by atoms with Crippen LogP contribution in [0, 0.1) is 12.8 Å². The van der Waals surface area contributed by atoms with Crippen LogP contribution in [0.4, 0.5) is 0 Å². The first-order chi connectivity index (χ1) is 14.1. The van der Waals surface area contributed by atoms with Crippen LogP contribution in [-0.4, -0.2) is 13.3 Å². The number of rotatable bonds is 5. The first-order valence-corrected chi connectivity index (χ1v) is 13.8. The second-order valence-electron chi connectivity index (χ2n) is 10.1. The number of aryl methyl sites for hydroxylation is 1. The molecule has 2 atom stereocenters. The number of aromatic nitrogens is 1. The van der Waals surface area contributed by atoms with E-state index in [0.717, 1.165) is 24.5 Å². The van der Waals surface area contributed by atoms with Gasteiger partial charge in [-0.1, -0.05) is 69.3 Å². The van der Waals surface area contributed by atoms with Crippen molar-refractivity contribution in [1.29, 1.82) is 0 Å². The van der Waals surface area contributed by atoms with E-state index in [1.165, 1.54) is 22.3 Å². The standard InChI is InChI=1S/C26H33NO2Si/c1-18-17-27-25(28-18)24(29-30(5,6)26(2,3)4)23-15-21-13-12-20(14-22(21)16-23)19-10-8-7-9-11-19/h7-14,17,23-24H,15-16H2,1-6H3. The van der Waals surface area contributed by atoms with Gasteiger partial charge in [0.1, 0.15) is 11.9 Å². The highest BCUT2D eigenvalue weighted by Crippen LogP contribution is 2.45. The number of nitrogens with zero attached hydrogens (tertiary/aromatic N) is 1. The van der Waals surface area contributed by atoms with Crippen molar-refractivity contribution in [3.8, 4) is 11.1 Å². The predicted octanol–water partition coefficient (Wildman–Crippen LogP) is 7.13. The quantitative estimate of drug-likeness (QED) is 0.413. The Morgan fingerprint density at radius 3 is 2.33 bits per heavy atom. The topological polar surface area (TPSA) is 35.3 Å². The molecule has 0 N–H and O–H groups in total. The molecule has 3 aromatic rings. The third-order valence-electron chi connectivity index (χ3n) is 6.82. The van der Waals surface area contributed by atoms with E-state index in [2.05, 4.69) is 87.4 Å². The smallest absolute Gasteiger partial charge is 0.222 e. The molecule has 30 heavy (non-hydrogen) atoms. The van der Waals surface area contributed by atoms with E-state index in [4.69, 9.17) is 8.84 Å². The van der Waals surface area contributed by atoms with Gasteiger partial charge in [-0.2, -0.15) is 0 Å². The van der Waals surface area contributed by atoms with E-state index >= 15 is 0 Å². The highest BCUT2D eigenvalue weighted by molar-refractivity contribution is 6.74. The van der Waals surface area contributed by atoms with Crippen LogP contribution in [-0.2, 0) is 17.3 Å². The minimum absolute atomic E-state index is 0.104. The first-order valence-electron chi connectivity index (χ1n) is 10.9. The molecule has 1 heterocycles. The summed E-state index contributed by atoms with van der Waals surface area (Å²) in [7, 11) is -1.98. The second-order valence-corrected chi connectivity index (χ2v) is 14.9. The van der Waals surface area contributed by atoms with Gasteiger partial charge < -0.3 is 8.84 Å². The van der Waals surface area contributed by atoms with Crippen LogP contribution in [0.25, 0.3) is 11.1 Å². The Balaban J connectivity index is 1.63. The summed E-state index contributed by atoms with van der Waals surface area (Å²) in [5.74, 6) is 1.92. The first kappa shape index (κ1) is 21.1. The van der Waals surface area contributed by atoms with Crippen LogP contribution in [0.2, 0.25) is 18.1 Å². The van der Waals surface area contributed by atoms with E-state index in [1.54, 1.807) is 0 Å². The molecule has 0 fully saturated rings. The minimum Gasteiger partial charge on any atom is -0.443 e. The molecule has 1 aliphatic carbocycles. The fourth-order valence-corrected chi connectivity index (χ4v) is 5.30. The van der Waals surface area contributed by atoms with Gasteiger partial charge in [0.15, 0.2) is 8.32 Å². The molecule has 2 unspecified atom stereocenters. The summed E-state index contributed by atoms with van der Waals surface area (Å²) in [4.78, 5) is 4.59. The van der Waals surface area contributed by atoms with Crippen molar-refractivity contribution in [2.45, 2.75) is 64.8 Å². The molecule has 158 valence electrons. The lowest BCUT2D eigenvalue weighted by Gasteiger charge is -2.40. The molecular weight excluding hydrogens is 386 g/mol. The Morgan fingerprint density at radius 2 is 1.70 bits per heavy atom. The minimum atomic E-state index is -1.98. The molecule has 0 amide bonds. The maximum absolute atomic E-state index is 6.91. The molecule has 0 saturated carbocycles. The molecule has 2 aromatic carbocycles. The third kappa shape index (κ3) is 4.16. The molecular formula is C26H33NO2Si. The molecule has 0 radical (unpaired) electrons. The largest absolute Gasteiger partial charge is 0.443 e. The molecule has 0 spiro atoms. The summed E-state index contributed by atoms with van der Waals surface area (Å²) in [6.45, 7) is 13.4. The van der Waals surface area contributed by atoms with E-state index in [-0.39, 0.29) is 11.1 Å². The van der Waals surface area contributed by atoms with Crippen molar-refractivity contribution in [3.63, 3.8) is 0 Å². The van der Waals surface area contributed by atoms with Gasteiger partial charge in [0.25, 0.3) is 0 Å². The lowest BCUT2D eigenvalue weighted by molar-refractivity contribution is 0.0935. The summed E-state index contributed by atoms with van der Waals surface area (Å²) < 4.78 is 12.9. The van der Waals surface area contributed by atoms with Crippen LogP contribution < -0.4 is 0 Å². The zero-order chi connectivity index (χ0) is 21.5. The summed E-state index contributed by atoms with van der Waals surface area (Å²) in [5.41, 5.74) is 5.39. The fourth-order valence-electron chi connectivity index (χ4n) is 4.02. The average molecular weight is 420 g/mol. The van der Waals surface area contributed by atoms with Gasteiger partial charge in [-0.05, 0) is 60.2 Å². The number of oxazole rings is 1. The van der Waals surface area contributed by atoms with Gasteiger partial charge in [-0.25, -0.2) is 4.98 Å². The van der Waals surface area contributed by atoms with Crippen LogP contribution in [0.3, 0.4) is 0 Å². The number of benzene rings is 2. The predicted molar refractivity (Wildman–Crippen MR) is 125 cm³/mol. The summed E-state index contributed by atoms with van der Waals surface area (Å²) in [6.07, 6.45) is 3.71. The van der Waals surface area contributed by atoms with Gasteiger partial charge in [-0.3, -0.25) is 0 Å². The van der Waals surface area contributed by atoms with Crippen LogP contribution >= 0.6 is 0 Å². The summed E-state index contributed by atoms with van der Waals surface area (Å²) in [6, 6.07) is 17.5. The van der Waals surface area contributed by atoms with E-state index in [1.807, 2.05) is 13.1 Å². The highest BCUT2D eigenvalue weighted by Gasteiger charge is 2.43. The molecule has 4 rings (SSSR count). The van der Waals surface area contributed by atoms with Crippen molar-refractivity contribution < 1.29 is 8.84 Å². The van der Waals surface area contributed by atoms with Crippen molar-refractivity contribution in [1.82, 2.24) is 4.98 Å². The highest BCUT2D eigenvalue weighted by atomic mass is 28.4. The Kier molecular flexibility index (Phi) is 5.50. The third-order valence-corrected chi connectivity index (χ3v) is 11.3. The maximum Gasteiger partial charge on any atom is 0.222 e. The number of hydrogen-bond donors (Lipinski definition) is 0. The number of hydrogen-bond acceptors (Lipinski definition) is 3. The molecule has 1 aromatic heterocycles. The zero-order valence-corrected chi connectivity index (χ0v) is 20.0. The SMILES string of the molecule is Cc1cnc(C(O[Si](C)(C)C(C)(C)C)C2Cc3ccc(-c4ccccc4)cc3C2)o1. The Hall–Kier alpha value is -2.17.